The molecule has 0 unspecified atom stereocenters. The highest BCUT2D eigenvalue weighted by Gasteiger charge is 2.18. The summed E-state index contributed by atoms with van der Waals surface area (Å²) >= 11 is 0. The molecule has 1 aliphatic heterocycles. The molecule has 1 aliphatic rings. The Kier molecular flexibility index (Phi) is 5.79. The Labute approximate surface area is 142 Å². The number of piperazine rings is 1. The van der Waals surface area contributed by atoms with Gasteiger partial charge in [-0.1, -0.05) is 0 Å². The van der Waals surface area contributed by atoms with Gasteiger partial charge in [-0.05, 0) is 38.1 Å². The zero-order chi connectivity index (χ0) is 17.5. The van der Waals surface area contributed by atoms with Crippen molar-refractivity contribution in [3.63, 3.8) is 0 Å². The molecule has 0 saturated carbocycles. The van der Waals surface area contributed by atoms with Crippen LogP contribution in [-0.4, -0.2) is 37.1 Å². The van der Waals surface area contributed by atoms with Gasteiger partial charge in [0.25, 0.3) is 0 Å². The molecule has 0 bridgehead atoms. The van der Waals surface area contributed by atoms with Gasteiger partial charge < -0.3 is 10.2 Å². The molecule has 1 saturated heterocycles. The maximum atomic E-state index is 9.06. The summed E-state index contributed by atoms with van der Waals surface area (Å²) in [5, 5.41) is 29.6. The first kappa shape index (κ1) is 17.3. The van der Waals surface area contributed by atoms with Crippen molar-refractivity contribution < 1.29 is 0 Å². The molecule has 0 radical (unpaired) electrons. The minimum atomic E-state index is -0.216. The van der Waals surface area contributed by atoms with Gasteiger partial charge in [0.05, 0.1) is 0 Å². The van der Waals surface area contributed by atoms with Crippen LogP contribution in [0.2, 0.25) is 0 Å². The average Bonchev–Trinajstić information content (AvgIpc) is 2.62. The molecule has 0 aromatic heterocycles. The van der Waals surface area contributed by atoms with E-state index in [1.165, 1.54) is 0 Å². The fraction of sp³-hybridized carbons (Fsp3) is 0.389. The molecule has 1 aromatic rings. The summed E-state index contributed by atoms with van der Waals surface area (Å²) in [6.45, 7) is 8.50. The zero-order valence-corrected chi connectivity index (χ0v) is 14.0. The van der Waals surface area contributed by atoms with Crippen molar-refractivity contribution in [3.8, 4) is 18.2 Å². The predicted octanol–water partition coefficient (Wildman–Crippen LogP) is 2.45. The van der Waals surface area contributed by atoms with Crippen LogP contribution in [0.1, 0.15) is 13.8 Å². The van der Waals surface area contributed by atoms with E-state index in [2.05, 4.69) is 29.0 Å². The van der Waals surface area contributed by atoms with E-state index in [0.29, 0.717) is 11.7 Å². The highest BCUT2D eigenvalue weighted by Crippen LogP contribution is 2.21. The Morgan fingerprint density at radius 3 is 2.00 bits per heavy atom. The second kappa shape index (κ2) is 8.02. The van der Waals surface area contributed by atoms with Crippen molar-refractivity contribution in [2.75, 3.05) is 36.4 Å². The normalized spacial score (nSPS) is 14.4. The van der Waals surface area contributed by atoms with E-state index < -0.39 is 0 Å². The smallest absolute Gasteiger partial charge is 0.163 e. The van der Waals surface area contributed by atoms with Gasteiger partial charge in [-0.25, -0.2) is 0 Å². The molecule has 6 heteroatoms. The van der Waals surface area contributed by atoms with E-state index in [4.69, 9.17) is 15.8 Å². The molecular weight excluding hydrogens is 300 g/mol. The molecule has 0 atom stereocenters. The van der Waals surface area contributed by atoms with Crippen LogP contribution in [0.3, 0.4) is 0 Å². The minimum Gasteiger partial charge on any atom is -0.369 e. The molecule has 1 aromatic carbocycles. The lowest BCUT2D eigenvalue weighted by Crippen LogP contribution is -2.48. The number of nitrogens with one attached hydrogen (secondary N) is 1. The molecule has 1 N–H and O–H groups in total. The van der Waals surface area contributed by atoms with E-state index in [0.717, 1.165) is 31.9 Å². The Balaban J connectivity index is 2.05. The number of benzene rings is 1. The van der Waals surface area contributed by atoms with E-state index in [1.54, 1.807) is 12.1 Å². The molecular formula is C18H20N6. The maximum Gasteiger partial charge on any atom is 0.163 e. The Morgan fingerprint density at radius 2 is 1.54 bits per heavy atom. The van der Waals surface area contributed by atoms with Crippen LogP contribution in [0.15, 0.2) is 35.5 Å². The Bertz CT molecular complexity index is 703. The van der Waals surface area contributed by atoms with Gasteiger partial charge in [-0.3, -0.25) is 4.90 Å². The molecule has 0 aliphatic carbocycles. The number of allylic oxidation sites excluding steroid dienone is 2. The zero-order valence-electron chi connectivity index (χ0n) is 14.0. The molecule has 2 rings (SSSR count). The van der Waals surface area contributed by atoms with Crippen molar-refractivity contribution in [3.05, 3.63) is 35.5 Å². The van der Waals surface area contributed by atoms with Crippen molar-refractivity contribution in [2.45, 2.75) is 19.9 Å². The largest absolute Gasteiger partial charge is 0.369 e. The third-order valence-electron chi connectivity index (χ3n) is 4.13. The number of rotatable bonds is 4. The van der Waals surface area contributed by atoms with Gasteiger partial charge in [0.15, 0.2) is 5.57 Å². The summed E-state index contributed by atoms with van der Waals surface area (Å²) < 4.78 is 0. The number of hydrogen-bond acceptors (Lipinski definition) is 6. The van der Waals surface area contributed by atoms with Gasteiger partial charge in [0.2, 0.25) is 0 Å². The second-order valence-electron chi connectivity index (χ2n) is 5.87. The maximum absolute atomic E-state index is 9.06. The molecule has 1 heterocycles. The van der Waals surface area contributed by atoms with Gasteiger partial charge in [-0.2, -0.15) is 15.8 Å². The van der Waals surface area contributed by atoms with Gasteiger partial charge in [0.1, 0.15) is 23.9 Å². The fourth-order valence-corrected chi connectivity index (χ4v) is 2.68. The van der Waals surface area contributed by atoms with Crippen LogP contribution in [0, 0.1) is 34.0 Å². The number of hydrogen-bond donors (Lipinski definition) is 1. The van der Waals surface area contributed by atoms with Gasteiger partial charge in [0, 0.05) is 43.6 Å². The lowest BCUT2D eigenvalue weighted by Gasteiger charge is -2.38. The quantitative estimate of drug-likeness (QED) is 0.857. The summed E-state index contributed by atoms with van der Waals surface area (Å²) in [7, 11) is 0. The molecule has 24 heavy (non-hydrogen) atoms. The van der Waals surface area contributed by atoms with Crippen molar-refractivity contribution in [1.82, 2.24) is 4.90 Å². The summed E-state index contributed by atoms with van der Waals surface area (Å²) in [5.74, 6) is 0. The first-order valence-corrected chi connectivity index (χ1v) is 7.89. The first-order valence-electron chi connectivity index (χ1n) is 7.89. The van der Waals surface area contributed by atoms with Crippen LogP contribution < -0.4 is 10.2 Å². The Morgan fingerprint density at radius 1 is 0.958 bits per heavy atom. The lowest BCUT2D eigenvalue weighted by molar-refractivity contribution is 0.209. The molecule has 6 nitrogen and oxygen atoms in total. The van der Waals surface area contributed by atoms with Crippen molar-refractivity contribution >= 4 is 11.4 Å². The number of nitriles is 3. The molecule has 0 amide bonds. The predicted molar refractivity (Wildman–Crippen MR) is 92.9 cm³/mol. The second-order valence-corrected chi connectivity index (χ2v) is 5.87. The van der Waals surface area contributed by atoms with Gasteiger partial charge in [-0.15, -0.1) is 0 Å². The van der Waals surface area contributed by atoms with E-state index in [1.807, 2.05) is 30.3 Å². The van der Waals surface area contributed by atoms with Crippen LogP contribution in [0.5, 0.6) is 0 Å². The summed E-state index contributed by atoms with van der Waals surface area (Å²) in [6, 6.07) is 13.6. The van der Waals surface area contributed by atoms with Crippen molar-refractivity contribution in [1.29, 1.82) is 15.8 Å². The first-order chi connectivity index (χ1) is 11.6. The topological polar surface area (TPSA) is 89.9 Å². The average molecular weight is 320 g/mol. The monoisotopic (exact) mass is 320 g/mol. The van der Waals surface area contributed by atoms with E-state index >= 15 is 0 Å². The summed E-state index contributed by atoms with van der Waals surface area (Å²) in [5.41, 5.74) is 1.57. The highest BCUT2D eigenvalue weighted by atomic mass is 15.3. The lowest BCUT2D eigenvalue weighted by atomic mass is 10.2. The van der Waals surface area contributed by atoms with Crippen LogP contribution in [-0.2, 0) is 0 Å². The summed E-state index contributed by atoms with van der Waals surface area (Å²) in [4.78, 5) is 4.79. The SMILES string of the molecule is CC(C)N1CCN(c2ccc(NC(C#N)=C(C#N)C#N)cc2)CC1. The summed E-state index contributed by atoms with van der Waals surface area (Å²) in [6.07, 6.45) is 0. The van der Waals surface area contributed by atoms with Crippen LogP contribution >= 0.6 is 0 Å². The molecule has 0 spiro atoms. The van der Waals surface area contributed by atoms with Crippen LogP contribution in [0.4, 0.5) is 11.4 Å². The van der Waals surface area contributed by atoms with E-state index in [9.17, 15) is 0 Å². The molecule has 1 fully saturated rings. The van der Waals surface area contributed by atoms with Crippen LogP contribution in [0.25, 0.3) is 0 Å². The minimum absolute atomic E-state index is 0.0294. The van der Waals surface area contributed by atoms with Crippen molar-refractivity contribution in [2.24, 2.45) is 0 Å². The standard InChI is InChI=1S/C18H20N6/c1-14(2)23-7-9-24(10-8-23)17-5-3-16(4-6-17)22-18(13-21)15(11-19)12-20/h3-6,14,22H,7-10H2,1-2H3. The van der Waals surface area contributed by atoms with E-state index in [-0.39, 0.29) is 11.3 Å². The highest BCUT2D eigenvalue weighted by molar-refractivity contribution is 5.61. The molecule has 122 valence electrons. The Hall–Kier alpha value is -3.01. The third-order valence-corrected chi connectivity index (χ3v) is 4.13. The number of nitrogens with zero attached hydrogens (tertiary/aromatic N) is 5. The van der Waals surface area contributed by atoms with Gasteiger partial charge >= 0.3 is 0 Å². The number of anilines is 2. The fourth-order valence-electron chi connectivity index (χ4n) is 2.68. The third kappa shape index (κ3) is 4.04.